The van der Waals surface area contributed by atoms with E-state index in [0.29, 0.717) is 22.4 Å². The average molecular weight is 727 g/mol. The number of fused-ring (bicyclic) bond motifs is 7. The summed E-state index contributed by atoms with van der Waals surface area (Å²) in [4.78, 5) is 57.9. The number of ketones is 2. The molecule has 0 radical (unpaired) electrons. The lowest BCUT2D eigenvalue weighted by Gasteiger charge is -2.44. The Morgan fingerprint density at radius 1 is 0.804 bits per heavy atom. The minimum absolute atomic E-state index is 0.0570. The fraction of sp³-hybridized carbons (Fsp3) is 0.471. The van der Waals surface area contributed by atoms with Gasteiger partial charge in [0.2, 0.25) is 5.91 Å². The molecule has 9 rings (SSSR count). The highest BCUT2D eigenvalue weighted by Gasteiger charge is 2.48. The minimum atomic E-state index is -0.131. The molecule has 3 fully saturated rings. The van der Waals surface area contributed by atoms with E-state index in [1.165, 1.54) is 12.0 Å². The Bertz CT molecular complexity index is 1780. The summed E-state index contributed by atoms with van der Waals surface area (Å²) in [6, 6.07) is 3.56. The van der Waals surface area contributed by atoms with Gasteiger partial charge < -0.3 is 15.6 Å². The van der Waals surface area contributed by atoms with Crippen LogP contribution >= 0.6 is 39.1 Å². The van der Waals surface area contributed by atoms with Gasteiger partial charge in [-0.15, -0.1) is 0 Å². The molecule has 12 heteroatoms. The van der Waals surface area contributed by atoms with E-state index in [9.17, 15) is 19.2 Å². The predicted molar refractivity (Wildman–Crippen MR) is 178 cm³/mol. The number of nitrogens with zero attached hydrogens (tertiary/aromatic N) is 2. The first-order valence-corrected chi connectivity index (χ1v) is 17.6. The van der Waals surface area contributed by atoms with Crippen molar-refractivity contribution in [3.8, 4) is 11.3 Å². The highest BCUT2D eigenvalue weighted by atomic mass is 79.9. The molecule has 2 aliphatic heterocycles. The number of halogens is 3. The molecule has 2 spiro atoms. The SMILES string of the molecule is O=C1CC(=O)C2(CCC2)CN1.O=C1NCC2(CCC2)c2[nH]c3c(c21)CCc1cnc(Cl)cc1-3.O=C1c2cc(Cl)ncc2CCC1Br. The second-order valence-electron chi connectivity index (χ2n) is 13.3. The largest absolute Gasteiger partial charge is 0.357 e. The van der Waals surface area contributed by atoms with Crippen molar-refractivity contribution in [2.45, 2.75) is 80.9 Å². The van der Waals surface area contributed by atoms with Gasteiger partial charge in [-0.1, -0.05) is 52.0 Å². The zero-order chi connectivity index (χ0) is 32.2. The van der Waals surface area contributed by atoms with Crippen molar-refractivity contribution in [3.63, 3.8) is 0 Å². The molecule has 1 atom stereocenters. The first-order chi connectivity index (χ1) is 22.1. The van der Waals surface area contributed by atoms with Crippen LogP contribution < -0.4 is 10.6 Å². The highest BCUT2D eigenvalue weighted by molar-refractivity contribution is 9.10. The van der Waals surface area contributed by atoms with Gasteiger partial charge in [0.15, 0.2) is 5.78 Å². The molecule has 5 heterocycles. The quantitative estimate of drug-likeness (QED) is 0.151. The summed E-state index contributed by atoms with van der Waals surface area (Å²) in [5.74, 6) is 0.249. The molecule has 3 aromatic rings. The van der Waals surface area contributed by atoms with Gasteiger partial charge in [0.05, 0.1) is 22.5 Å². The third kappa shape index (κ3) is 5.50. The fourth-order valence-electron chi connectivity index (χ4n) is 7.56. The van der Waals surface area contributed by atoms with Gasteiger partial charge in [-0.2, -0.15) is 0 Å². The van der Waals surface area contributed by atoms with Crippen molar-refractivity contribution in [1.29, 1.82) is 0 Å². The van der Waals surface area contributed by atoms with Crippen LogP contribution in [0.4, 0.5) is 0 Å². The van der Waals surface area contributed by atoms with Crippen LogP contribution in [0.5, 0.6) is 0 Å². The molecule has 240 valence electrons. The van der Waals surface area contributed by atoms with E-state index in [1.807, 2.05) is 12.3 Å². The lowest BCUT2D eigenvalue weighted by atomic mass is 9.64. The van der Waals surface area contributed by atoms with Gasteiger partial charge >= 0.3 is 0 Å². The van der Waals surface area contributed by atoms with Crippen LogP contribution in [0.15, 0.2) is 24.5 Å². The second kappa shape index (κ2) is 12.2. The van der Waals surface area contributed by atoms with E-state index in [4.69, 9.17) is 23.2 Å². The van der Waals surface area contributed by atoms with E-state index < -0.39 is 0 Å². The van der Waals surface area contributed by atoms with Crippen LogP contribution in [0.3, 0.4) is 0 Å². The summed E-state index contributed by atoms with van der Waals surface area (Å²) < 4.78 is 0. The standard InChI is InChI=1S/C17H16ClN3O.C9H7BrClNO.C8H11NO2/c18-12-6-11-9(7-19-12)2-3-10-13-15(21-14(10)11)17(4-1-5-17)8-20-16(13)22;10-7-2-1-5-4-12-8(11)3-6(5)9(7)13;10-6-4-7(11)9-5-8(6)2-1-3-8/h6-7,21H,1-5,8H2,(H,20,22);3-4,7H,1-2H2;1-5H2,(H,9,11). The number of alkyl halides is 1. The van der Waals surface area contributed by atoms with Gasteiger partial charge in [-0.3, -0.25) is 19.2 Å². The molecular formula is C34H34BrCl2N5O4. The number of rotatable bonds is 0. The molecule has 3 aromatic heterocycles. The normalized spacial score (nSPS) is 22.6. The summed E-state index contributed by atoms with van der Waals surface area (Å²) in [5, 5.41) is 6.74. The van der Waals surface area contributed by atoms with Gasteiger partial charge in [0.25, 0.3) is 5.91 Å². The number of hydrogen-bond acceptors (Lipinski definition) is 6. The Kier molecular flexibility index (Phi) is 8.34. The molecule has 46 heavy (non-hydrogen) atoms. The summed E-state index contributed by atoms with van der Waals surface area (Å²) in [5.41, 5.74) is 8.35. The highest BCUT2D eigenvalue weighted by Crippen LogP contribution is 2.49. The van der Waals surface area contributed by atoms with E-state index in [2.05, 4.69) is 41.5 Å². The number of Topliss-reactive ketones (excluding diaryl/α,β-unsaturated/α-hetero) is 2. The Labute approximate surface area is 285 Å². The number of pyridine rings is 2. The van der Waals surface area contributed by atoms with Crippen molar-refractivity contribution in [1.82, 2.24) is 25.6 Å². The number of aromatic nitrogens is 3. The molecule has 1 unspecified atom stereocenters. The molecule has 1 saturated heterocycles. The monoisotopic (exact) mass is 725 g/mol. The van der Waals surface area contributed by atoms with Crippen molar-refractivity contribution < 1.29 is 19.2 Å². The zero-order valence-corrected chi connectivity index (χ0v) is 28.3. The third-order valence-corrected chi connectivity index (χ3v) is 11.9. The predicted octanol–water partition coefficient (Wildman–Crippen LogP) is 5.87. The first kappa shape index (κ1) is 31.5. The number of carbonyl (C=O) groups excluding carboxylic acids is 4. The molecule has 3 N–H and O–H groups in total. The topological polar surface area (TPSA) is 134 Å². The Balaban J connectivity index is 0.000000120. The maximum Gasteiger partial charge on any atom is 0.253 e. The summed E-state index contributed by atoms with van der Waals surface area (Å²) in [6.45, 7) is 1.35. The number of nitrogens with one attached hydrogen (secondary N) is 3. The van der Waals surface area contributed by atoms with Gasteiger partial charge in [-0.25, -0.2) is 9.97 Å². The van der Waals surface area contributed by atoms with Crippen molar-refractivity contribution >= 4 is 62.5 Å². The molecule has 0 bridgehead atoms. The number of hydrogen-bond donors (Lipinski definition) is 3. The van der Waals surface area contributed by atoms with Crippen LogP contribution in [0.25, 0.3) is 11.3 Å². The van der Waals surface area contributed by atoms with Crippen LogP contribution in [0.1, 0.15) is 94.5 Å². The molecule has 6 aliphatic rings. The summed E-state index contributed by atoms with van der Waals surface area (Å²) >= 11 is 15.1. The van der Waals surface area contributed by atoms with Gasteiger partial charge in [0, 0.05) is 53.1 Å². The van der Waals surface area contributed by atoms with Crippen LogP contribution in [-0.4, -0.2) is 56.2 Å². The lowest BCUT2D eigenvalue weighted by molar-refractivity contribution is -0.142. The van der Waals surface area contributed by atoms with Gasteiger partial charge in [0.1, 0.15) is 16.1 Å². The maximum absolute atomic E-state index is 12.5. The second-order valence-corrected chi connectivity index (χ2v) is 15.1. The van der Waals surface area contributed by atoms with Crippen molar-refractivity contribution in [3.05, 3.63) is 68.3 Å². The van der Waals surface area contributed by atoms with E-state index in [1.54, 1.807) is 12.3 Å². The Hall–Kier alpha value is -3.08. The lowest BCUT2D eigenvalue weighted by Crippen LogP contribution is -2.53. The number of amides is 2. The molecular weight excluding hydrogens is 693 g/mol. The molecule has 0 aromatic carbocycles. The Morgan fingerprint density at radius 2 is 1.43 bits per heavy atom. The molecule has 9 nitrogen and oxygen atoms in total. The van der Waals surface area contributed by atoms with Gasteiger partial charge in [-0.05, 0) is 80.2 Å². The third-order valence-electron chi connectivity index (χ3n) is 10.6. The number of aryl methyl sites for hydroxylation is 2. The Morgan fingerprint density at radius 3 is 2.07 bits per heavy atom. The average Bonchev–Trinajstić information content (AvgIpc) is 3.40. The van der Waals surface area contributed by atoms with E-state index in [0.717, 1.165) is 98.0 Å². The van der Waals surface area contributed by atoms with Crippen LogP contribution in [0, 0.1) is 5.41 Å². The molecule has 2 amide bonds. The summed E-state index contributed by atoms with van der Waals surface area (Å²) in [7, 11) is 0. The smallest absolute Gasteiger partial charge is 0.253 e. The van der Waals surface area contributed by atoms with Crippen LogP contribution in [0.2, 0.25) is 10.3 Å². The number of piperidine rings is 1. The van der Waals surface area contributed by atoms with Crippen LogP contribution in [-0.2, 0) is 34.3 Å². The van der Waals surface area contributed by atoms with E-state index in [-0.39, 0.29) is 45.5 Å². The molecule has 2 saturated carbocycles. The number of aromatic amines is 1. The van der Waals surface area contributed by atoms with Crippen molar-refractivity contribution in [2.24, 2.45) is 5.41 Å². The summed E-state index contributed by atoms with van der Waals surface area (Å²) in [6.07, 6.45) is 13.8. The number of H-pyrrole nitrogens is 1. The van der Waals surface area contributed by atoms with E-state index >= 15 is 0 Å². The van der Waals surface area contributed by atoms with Crippen molar-refractivity contribution in [2.75, 3.05) is 13.1 Å². The number of carbonyl (C=O) groups is 4. The zero-order valence-electron chi connectivity index (χ0n) is 25.2. The fourth-order valence-corrected chi connectivity index (χ4v) is 8.35. The maximum atomic E-state index is 12.5. The minimum Gasteiger partial charge on any atom is -0.357 e. The first-order valence-electron chi connectivity index (χ1n) is 15.9. The molecule has 4 aliphatic carbocycles.